The summed E-state index contributed by atoms with van der Waals surface area (Å²) in [6, 6.07) is 2.71. The van der Waals surface area contributed by atoms with Gasteiger partial charge in [-0.05, 0) is 19.1 Å². The fraction of sp³-hybridized carbons (Fsp3) is 0.300. The fourth-order valence-corrected chi connectivity index (χ4v) is 1.21. The maximum Gasteiger partial charge on any atom is 0.305 e. The molecule has 0 bridgehead atoms. The number of nitrogen functional groups attached to an aromatic ring is 1. The first-order valence-corrected chi connectivity index (χ1v) is 4.74. The molecule has 1 heterocycles. The molecule has 1 unspecified atom stereocenters. The standard InChI is InChI=1S/C10H13N3O3/c1-6(5-8(14)15)13-10(16)9-7(11)3-2-4-12-9/h2-4,6H,5,11H2,1H3,(H,13,16)(H,14,15). The Morgan fingerprint density at radius 3 is 2.88 bits per heavy atom. The van der Waals surface area contributed by atoms with E-state index in [1.54, 1.807) is 19.1 Å². The van der Waals surface area contributed by atoms with Crippen LogP contribution in [0, 0.1) is 0 Å². The van der Waals surface area contributed by atoms with Crippen LogP contribution in [0.4, 0.5) is 5.69 Å². The molecular weight excluding hydrogens is 210 g/mol. The number of anilines is 1. The summed E-state index contributed by atoms with van der Waals surface area (Å²) in [4.78, 5) is 25.8. The van der Waals surface area contributed by atoms with Gasteiger partial charge in [-0.15, -0.1) is 0 Å². The Morgan fingerprint density at radius 2 is 2.31 bits per heavy atom. The summed E-state index contributed by atoms with van der Waals surface area (Å²) in [6.07, 6.45) is 1.31. The SMILES string of the molecule is CC(CC(=O)O)NC(=O)c1ncccc1N. The lowest BCUT2D eigenvalue weighted by molar-refractivity contribution is -0.137. The number of nitrogens with one attached hydrogen (secondary N) is 1. The average molecular weight is 223 g/mol. The van der Waals surface area contributed by atoms with Crippen molar-refractivity contribution in [1.29, 1.82) is 0 Å². The van der Waals surface area contributed by atoms with Crippen molar-refractivity contribution in [1.82, 2.24) is 10.3 Å². The number of hydrogen-bond acceptors (Lipinski definition) is 4. The third-order valence-corrected chi connectivity index (χ3v) is 1.91. The lowest BCUT2D eigenvalue weighted by Gasteiger charge is -2.11. The summed E-state index contributed by atoms with van der Waals surface area (Å²) >= 11 is 0. The zero-order chi connectivity index (χ0) is 12.1. The van der Waals surface area contributed by atoms with Crippen molar-refractivity contribution in [3.05, 3.63) is 24.0 Å². The first kappa shape index (κ1) is 12.0. The summed E-state index contributed by atoms with van der Waals surface area (Å²) in [6.45, 7) is 1.60. The van der Waals surface area contributed by atoms with E-state index >= 15 is 0 Å². The van der Waals surface area contributed by atoms with Gasteiger partial charge in [-0.25, -0.2) is 4.98 Å². The van der Waals surface area contributed by atoms with Crippen molar-refractivity contribution in [3.8, 4) is 0 Å². The molecule has 1 aromatic rings. The van der Waals surface area contributed by atoms with Crippen LogP contribution in [0.15, 0.2) is 18.3 Å². The molecule has 0 aliphatic rings. The molecule has 16 heavy (non-hydrogen) atoms. The van der Waals surface area contributed by atoms with E-state index < -0.39 is 17.9 Å². The Kier molecular flexibility index (Phi) is 3.82. The zero-order valence-corrected chi connectivity index (χ0v) is 8.80. The highest BCUT2D eigenvalue weighted by Gasteiger charge is 2.15. The molecule has 1 atom stereocenters. The summed E-state index contributed by atoms with van der Waals surface area (Å²) in [5.41, 5.74) is 5.94. The highest BCUT2D eigenvalue weighted by atomic mass is 16.4. The molecular formula is C10H13N3O3. The van der Waals surface area contributed by atoms with Gasteiger partial charge in [0.2, 0.25) is 0 Å². The van der Waals surface area contributed by atoms with Crippen molar-refractivity contribution >= 4 is 17.6 Å². The predicted octanol–water partition coefficient (Wildman–Crippen LogP) is 0.257. The molecule has 0 saturated carbocycles. The summed E-state index contributed by atoms with van der Waals surface area (Å²) < 4.78 is 0. The molecule has 6 nitrogen and oxygen atoms in total. The van der Waals surface area contributed by atoms with Crippen molar-refractivity contribution in [2.24, 2.45) is 0 Å². The number of rotatable bonds is 4. The van der Waals surface area contributed by atoms with Crippen molar-refractivity contribution in [3.63, 3.8) is 0 Å². The molecule has 1 amide bonds. The van der Waals surface area contributed by atoms with Gasteiger partial charge in [0, 0.05) is 12.2 Å². The second-order valence-corrected chi connectivity index (χ2v) is 3.41. The van der Waals surface area contributed by atoms with Crippen LogP contribution in [0.3, 0.4) is 0 Å². The minimum absolute atomic E-state index is 0.111. The van der Waals surface area contributed by atoms with Gasteiger partial charge in [0.1, 0.15) is 0 Å². The van der Waals surface area contributed by atoms with Crippen LogP contribution in [0.25, 0.3) is 0 Å². The largest absolute Gasteiger partial charge is 0.481 e. The van der Waals surface area contributed by atoms with Crippen LogP contribution in [-0.4, -0.2) is 28.0 Å². The highest BCUT2D eigenvalue weighted by Crippen LogP contribution is 2.07. The second-order valence-electron chi connectivity index (χ2n) is 3.41. The van der Waals surface area contributed by atoms with Gasteiger partial charge in [-0.1, -0.05) is 0 Å². The Balaban J connectivity index is 2.66. The van der Waals surface area contributed by atoms with Crippen LogP contribution in [0.2, 0.25) is 0 Å². The summed E-state index contributed by atoms with van der Waals surface area (Å²) in [7, 11) is 0. The number of carboxylic acids is 1. The number of nitrogens with zero attached hydrogens (tertiary/aromatic N) is 1. The quantitative estimate of drug-likeness (QED) is 0.678. The normalized spacial score (nSPS) is 11.8. The monoisotopic (exact) mass is 223 g/mol. The Hall–Kier alpha value is -2.11. The average Bonchev–Trinajstić information content (AvgIpc) is 2.16. The van der Waals surface area contributed by atoms with E-state index in [0.717, 1.165) is 0 Å². The van der Waals surface area contributed by atoms with E-state index in [4.69, 9.17) is 10.8 Å². The predicted molar refractivity (Wildman–Crippen MR) is 57.8 cm³/mol. The molecule has 0 aromatic carbocycles. The molecule has 1 rings (SSSR count). The number of hydrogen-bond donors (Lipinski definition) is 3. The summed E-state index contributed by atoms with van der Waals surface area (Å²) in [5, 5.41) is 11.0. The van der Waals surface area contributed by atoms with Crippen molar-refractivity contribution in [2.45, 2.75) is 19.4 Å². The van der Waals surface area contributed by atoms with E-state index in [9.17, 15) is 9.59 Å². The Morgan fingerprint density at radius 1 is 1.62 bits per heavy atom. The van der Waals surface area contributed by atoms with Crippen LogP contribution < -0.4 is 11.1 Å². The zero-order valence-electron chi connectivity index (χ0n) is 8.80. The van der Waals surface area contributed by atoms with Crippen LogP contribution in [-0.2, 0) is 4.79 Å². The highest BCUT2D eigenvalue weighted by molar-refractivity contribution is 5.97. The Bertz CT molecular complexity index is 406. The molecule has 6 heteroatoms. The molecule has 0 aliphatic heterocycles. The van der Waals surface area contributed by atoms with Gasteiger partial charge in [-0.2, -0.15) is 0 Å². The van der Waals surface area contributed by atoms with Crippen LogP contribution >= 0.6 is 0 Å². The van der Waals surface area contributed by atoms with Gasteiger partial charge < -0.3 is 16.2 Å². The number of carbonyl (C=O) groups excluding carboxylic acids is 1. The Labute approximate surface area is 92.5 Å². The van der Waals surface area contributed by atoms with Gasteiger partial charge in [0.25, 0.3) is 5.91 Å². The number of nitrogens with two attached hydrogens (primary N) is 1. The van der Waals surface area contributed by atoms with Crippen molar-refractivity contribution < 1.29 is 14.7 Å². The molecule has 0 saturated heterocycles. The van der Waals surface area contributed by atoms with Gasteiger partial charge >= 0.3 is 5.97 Å². The number of pyridine rings is 1. The van der Waals surface area contributed by atoms with E-state index in [1.165, 1.54) is 6.20 Å². The lowest BCUT2D eigenvalue weighted by Crippen LogP contribution is -2.35. The molecule has 0 aliphatic carbocycles. The number of aromatic nitrogens is 1. The maximum absolute atomic E-state index is 11.6. The first-order valence-electron chi connectivity index (χ1n) is 4.74. The van der Waals surface area contributed by atoms with Crippen LogP contribution in [0.5, 0.6) is 0 Å². The minimum Gasteiger partial charge on any atom is -0.481 e. The molecule has 0 fully saturated rings. The first-order chi connectivity index (χ1) is 7.50. The lowest BCUT2D eigenvalue weighted by atomic mass is 10.2. The van der Waals surface area contributed by atoms with Crippen LogP contribution in [0.1, 0.15) is 23.8 Å². The number of carboxylic acid groups (broad SMARTS) is 1. The smallest absolute Gasteiger partial charge is 0.305 e. The molecule has 86 valence electrons. The van der Waals surface area contributed by atoms with Gasteiger partial charge in [0.05, 0.1) is 12.1 Å². The minimum atomic E-state index is -0.971. The molecule has 0 spiro atoms. The van der Waals surface area contributed by atoms with Gasteiger partial charge in [0.15, 0.2) is 5.69 Å². The number of carbonyl (C=O) groups is 2. The van der Waals surface area contributed by atoms with Gasteiger partial charge in [-0.3, -0.25) is 9.59 Å². The fourth-order valence-electron chi connectivity index (χ4n) is 1.21. The molecule has 4 N–H and O–H groups in total. The third-order valence-electron chi connectivity index (χ3n) is 1.91. The summed E-state index contributed by atoms with van der Waals surface area (Å²) in [5.74, 6) is -1.44. The second kappa shape index (κ2) is 5.11. The van der Waals surface area contributed by atoms with E-state index in [1.807, 2.05) is 0 Å². The van der Waals surface area contributed by atoms with E-state index in [-0.39, 0.29) is 17.8 Å². The molecule has 1 aromatic heterocycles. The van der Waals surface area contributed by atoms with Crippen molar-refractivity contribution in [2.75, 3.05) is 5.73 Å². The maximum atomic E-state index is 11.6. The molecule has 0 radical (unpaired) electrons. The number of aliphatic carboxylic acids is 1. The van der Waals surface area contributed by atoms with E-state index in [0.29, 0.717) is 0 Å². The van der Waals surface area contributed by atoms with E-state index in [2.05, 4.69) is 10.3 Å². The number of amides is 1. The third kappa shape index (κ3) is 3.23. The topological polar surface area (TPSA) is 105 Å².